The van der Waals surface area contributed by atoms with Crippen LogP contribution in [-0.2, 0) is 10.7 Å². The summed E-state index contributed by atoms with van der Waals surface area (Å²) < 4.78 is 26.3. The summed E-state index contributed by atoms with van der Waals surface area (Å²) in [5, 5.41) is 8.88. The first-order chi connectivity index (χ1) is 7.51. The topological polar surface area (TPSA) is 50.2 Å². The predicted molar refractivity (Wildman–Crippen MR) is 53.3 cm³/mol. The largest absolute Gasteiger partial charge is 0.477 e. The number of aromatic nitrogens is 1. The van der Waals surface area contributed by atoms with Crippen LogP contribution in [0, 0.1) is 0 Å². The second-order valence-corrected chi connectivity index (χ2v) is 3.30. The molecule has 2 aromatic rings. The Bertz CT molecular complexity index is 554. The van der Waals surface area contributed by atoms with E-state index in [9.17, 15) is 13.6 Å². The van der Waals surface area contributed by atoms with Gasteiger partial charge < -0.3 is 5.11 Å². The molecule has 2 rings (SSSR count). The van der Waals surface area contributed by atoms with Crippen molar-refractivity contribution >= 4 is 16.9 Å². The third kappa shape index (κ3) is 1.60. The van der Waals surface area contributed by atoms with Crippen LogP contribution < -0.4 is 0 Å². The zero-order valence-corrected chi connectivity index (χ0v) is 8.02. The molecule has 0 bridgehead atoms. The molecule has 0 aliphatic carbocycles. The lowest BCUT2D eigenvalue weighted by atomic mass is 10.1. The van der Waals surface area contributed by atoms with Crippen LogP contribution in [0.25, 0.3) is 10.9 Å². The van der Waals surface area contributed by atoms with E-state index in [1.807, 2.05) is 0 Å². The average Bonchev–Trinajstić information content (AvgIpc) is 2.28. The number of benzene rings is 1. The highest BCUT2D eigenvalue weighted by molar-refractivity contribution is 5.82. The quantitative estimate of drug-likeness (QED) is 0.850. The molecule has 0 atom stereocenters. The van der Waals surface area contributed by atoms with Gasteiger partial charge in [0.05, 0.1) is 11.1 Å². The van der Waals surface area contributed by atoms with E-state index in [4.69, 9.17) is 5.11 Å². The summed E-state index contributed by atoms with van der Waals surface area (Å²) in [5.74, 6) is -6.08. The van der Waals surface area contributed by atoms with Crippen LogP contribution in [0.15, 0.2) is 36.5 Å². The Kier molecular flexibility index (Phi) is 2.30. The number of carboxylic acids is 1. The lowest BCUT2D eigenvalue weighted by molar-refractivity contribution is -0.166. The van der Waals surface area contributed by atoms with Crippen LogP contribution in [0.1, 0.15) is 5.56 Å². The molecule has 1 heterocycles. The van der Waals surface area contributed by atoms with Crippen molar-refractivity contribution in [2.75, 3.05) is 0 Å². The summed E-state index contributed by atoms with van der Waals surface area (Å²) in [4.78, 5) is 14.2. The number of aliphatic carboxylic acids is 1. The zero-order chi connectivity index (χ0) is 11.8. The smallest absolute Gasteiger partial charge is 0.379 e. The van der Waals surface area contributed by atoms with E-state index in [1.54, 1.807) is 24.3 Å². The standard InChI is InChI=1S/C11H7F2NO2/c12-11(13,10(15)16)8-5-7-3-1-2-4-9(7)14-6-8/h1-6H,(H,15,16). The van der Waals surface area contributed by atoms with E-state index in [0.717, 1.165) is 12.3 Å². The molecule has 1 aromatic heterocycles. The molecule has 16 heavy (non-hydrogen) atoms. The Morgan fingerprint density at radius 3 is 2.69 bits per heavy atom. The molecule has 0 fully saturated rings. The number of alkyl halides is 2. The minimum absolute atomic E-state index is 0.487. The minimum atomic E-state index is -3.91. The van der Waals surface area contributed by atoms with Crippen LogP contribution in [0.2, 0.25) is 0 Å². The van der Waals surface area contributed by atoms with Gasteiger partial charge in [-0.2, -0.15) is 8.78 Å². The summed E-state index contributed by atoms with van der Waals surface area (Å²) in [6.45, 7) is 0. The maximum absolute atomic E-state index is 13.2. The summed E-state index contributed by atoms with van der Waals surface area (Å²) in [5.41, 5.74) is -0.0638. The molecule has 0 saturated heterocycles. The molecule has 1 aromatic carbocycles. The van der Waals surface area contributed by atoms with Gasteiger partial charge in [0.15, 0.2) is 0 Å². The van der Waals surface area contributed by atoms with Crippen LogP contribution in [-0.4, -0.2) is 16.1 Å². The first kappa shape index (κ1) is 10.5. The van der Waals surface area contributed by atoms with Crippen LogP contribution in [0.4, 0.5) is 8.78 Å². The van der Waals surface area contributed by atoms with Gasteiger partial charge in [-0.15, -0.1) is 0 Å². The highest BCUT2D eigenvalue weighted by atomic mass is 19.3. The number of carboxylic acid groups (broad SMARTS) is 1. The van der Waals surface area contributed by atoms with Gasteiger partial charge in [-0.05, 0) is 12.1 Å². The fourth-order valence-electron chi connectivity index (χ4n) is 1.37. The molecule has 5 heteroatoms. The van der Waals surface area contributed by atoms with Crippen LogP contribution >= 0.6 is 0 Å². The van der Waals surface area contributed by atoms with Gasteiger partial charge in [-0.3, -0.25) is 4.98 Å². The number of hydrogen-bond acceptors (Lipinski definition) is 2. The van der Waals surface area contributed by atoms with Gasteiger partial charge in [0.25, 0.3) is 0 Å². The molecule has 0 aliphatic rings. The van der Waals surface area contributed by atoms with Crippen molar-refractivity contribution in [3.05, 3.63) is 42.1 Å². The van der Waals surface area contributed by atoms with Crippen molar-refractivity contribution in [1.29, 1.82) is 0 Å². The molecular weight excluding hydrogens is 216 g/mol. The fraction of sp³-hybridized carbons (Fsp3) is 0.0909. The van der Waals surface area contributed by atoms with E-state index in [0.29, 0.717) is 10.9 Å². The van der Waals surface area contributed by atoms with Crippen molar-refractivity contribution in [2.45, 2.75) is 5.92 Å². The van der Waals surface area contributed by atoms with E-state index in [-0.39, 0.29) is 0 Å². The number of carbonyl (C=O) groups is 1. The SMILES string of the molecule is O=C(O)C(F)(F)c1cnc2ccccc2c1. The fourth-order valence-corrected chi connectivity index (χ4v) is 1.37. The van der Waals surface area contributed by atoms with Crippen molar-refractivity contribution in [3.63, 3.8) is 0 Å². The normalized spacial score (nSPS) is 11.6. The average molecular weight is 223 g/mol. The van der Waals surface area contributed by atoms with Crippen molar-refractivity contribution in [3.8, 4) is 0 Å². The third-order valence-electron chi connectivity index (χ3n) is 2.22. The van der Waals surface area contributed by atoms with Gasteiger partial charge in [0.2, 0.25) is 0 Å². The molecule has 82 valence electrons. The summed E-state index contributed by atoms with van der Waals surface area (Å²) in [7, 11) is 0. The number of halogens is 2. The maximum Gasteiger partial charge on any atom is 0.379 e. The number of para-hydroxylation sites is 1. The second-order valence-electron chi connectivity index (χ2n) is 3.30. The number of hydrogen-bond donors (Lipinski definition) is 1. The molecule has 1 N–H and O–H groups in total. The Hall–Kier alpha value is -2.04. The maximum atomic E-state index is 13.2. The zero-order valence-electron chi connectivity index (χ0n) is 8.02. The van der Waals surface area contributed by atoms with Gasteiger partial charge in [-0.1, -0.05) is 18.2 Å². The first-order valence-electron chi connectivity index (χ1n) is 4.48. The van der Waals surface area contributed by atoms with Gasteiger partial charge in [-0.25, -0.2) is 4.79 Å². The molecule has 0 unspecified atom stereocenters. The Morgan fingerprint density at radius 1 is 1.31 bits per heavy atom. The van der Waals surface area contributed by atoms with Crippen molar-refractivity contribution < 1.29 is 18.7 Å². The lowest BCUT2D eigenvalue weighted by Gasteiger charge is -2.11. The van der Waals surface area contributed by atoms with E-state index >= 15 is 0 Å². The Morgan fingerprint density at radius 2 is 2.00 bits per heavy atom. The Labute approximate surface area is 89.3 Å². The van der Waals surface area contributed by atoms with E-state index < -0.39 is 17.5 Å². The predicted octanol–water partition coefficient (Wildman–Crippen LogP) is 2.41. The third-order valence-corrected chi connectivity index (χ3v) is 2.22. The van der Waals surface area contributed by atoms with Gasteiger partial charge in [0, 0.05) is 11.6 Å². The van der Waals surface area contributed by atoms with Gasteiger partial charge >= 0.3 is 11.9 Å². The van der Waals surface area contributed by atoms with E-state index in [1.165, 1.54) is 0 Å². The lowest BCUT2D eigenvalue weighted by Crippen LogP contribution is -2.25. The number of rotatable bonds is 2. The molecular formula is C11H7F2NO2. The van der Waals surface area contributed by atoms with Crippen molar-refractivity contribution in [2.24, 2.45) is 0 Å². The molecule has 3 nitrogen and oxygen atoms in total. The molecule has 0 spiro atoms. The number of pyridine rings is 1. The van der Waals surface area contributed by atoms with Crippen LogP contribution in [0.3, 0.4) is 0 Å². The van der Waals surface area contributed by atoms with Crippen LogP contribution in [0.5, 0.6) is 0 Å². The number of fused-ring (bicyclic) bond motifs is 1. The highest BCUT2D eigenvalue weighted by Gasteiger charge is 2.41. The minimum Gasteiger partial charge on any atom is -0.477 e. The summed E-state index contributed by atoms with van der Waals surface area (Å²) in [6, 6.07) is 7.80. The van der Waals surface area contributed by atoms with E-state index in [2.05, 4.69) is 4.98 Å². The highest BCUT2D eigenvalue weighted by Crippen LogP contribution is 2.29. The second kappa shape index (κ2) is 3.52. The first-order valence-corrected chi connectivity index (χ1v) is 4.48. The molecule has 0 amide bonds. The molecule has 0 radical (unpaired) electrons. The van der Waals surface area contributed by atoms with Crippen molar-refractivity contribution in [1.82, 2.24) is 4.98 Å². The Balaban J connectivity index is 2.59. The number of nitrogens with zero attached hydrogens (tertiary/aromatic N) is 1. The van der Waals surface area contributed by atoms with Gasteiger partial charge in [0.1, 0.15) is 0 Å². The molecule has 0 saturated carbocycles. The molecule has 0 aliphatic heterocycles. The summed E-state index contributed by atoms with van der Waals surface area (Å²) >= 11 is 0. The monoisotopic (exact) mass is 223 g/mol. The summed E-state index contributed by atoms with van der Waals surface area (Å²) in [6.07, 6.45) is 0.885.